The van der Waals surface area contributed by atoms with Crippen molar-refractivity contribution in [1.82, 2.24) is 9.97 Å². The summed E-state index contributed by atoms with van der Waals surface area (Å²) in [6.07, 6.45) is 2.26. The number of thiophene rings is 1. The molecule has 1 amide bonds. The number of methoxy groups -OCH3 is 1. The number of carbonyl (C=O) groups excluding carboxylic acids is 1. The number of aromatic nitrogens is 2. The number of nitrogens with one attached hydrogen (secondary N) is 1. The second-order valence-electron chi connectivity index (χ2n) is 6.61. The summed E-state index contributed by atoms with van der Waals surface area (Å²) < 4.78 is 5.27. The maximum atomic E-state index is 12.9. The molecular weight excluding hydrogens is 414 g/mol. The van der Waals surface area contributed by atoms with Crippen LogP contribution < -0.4 is 10.1 Å². The van der Waals surface area contributed by atoms with E-state index in [0.29, 0.717) is 6.42 Å². The van der Waals surface area contributed by atoms with Crippen molar-refractivity contribution in [3.63, 3.8) is 0 Å². The van der Waals surface area contributed by atoms with Crippen LogP contribution in [0.25, 0.3) is 21.3 Å². The second kappa shape index (κ2) is 9.28. The first kappa shape index (κ1) is 20.4. The minimum Gasteiger partial charge on any atom is -0.497 e. The standard InChI is InChI=1S/C23H21N3O2S2/c1-3-19(21(27)26-16-7-5-4-6-8-16)30-23-20-18(13-29-22(20)24-14-25-23)15-9-11-17(28-2)12-10-15/h4-14,19H,3H2,1-2H3,(H,26,27). The van der Waals surface area contributed by atoms with Crippen molar-refractivity contribution >= 4 is 44.9 Å². The van der Waals surface area contributed by atoms with E-state index in [1.807, 2.05) is 61.5 Å². The van der Waals surface area contributed by atoms with E-state index >= 15 is 0 Å². The Kier molecular flexibility index (Phi) is 6.30. The van der Waals surface area contributed by atoms with E-state index < -0.39 is 0 Å². The Bertz CT molecular complexity index is 1140. The van der Waals surface area contributed by atoms with Gasteiger partial charge < -0.3 is 10.1 Å². The number of hydrogen-bond donors (Lipinski definition) is 1. The summed E-state index contributed by atoms with van der Waals surface area (Å²) in [6.45, 7) is 2.01. The summed E-state index contributed by atoms with van der Waals surface area (Å²) >= 11 is 3.07. The number of amides is 1. The number of para-hydroxylation sites is 1. The van der Waals surface area contributed by atoms with Gasteiger partial charge in [0.2, 0.25) is 5.91 Å². The number of nitrogens with zero attached hydrogens (tertiary/aromatic N) is 2. The normalized spacial score (nSPS) is 11.9. The lowest BCUT2D eigenvalue weighted by atomic mass is 10.1. The molecule has 1 atom stereocenters. The third kappa shape index (κ3) is 4.32. The highest BCUT2D eigenvalue weighted by atomic mass is 32.2. The van der Waals surface area contributed by atoms with Crippen LogP contribution >= 0.6 is 23.1 Å². The van der Waals surface area contributed by atoms with E-state index in [1.165, 1.54) is 11.8 Å². The lowest BCUT2D eigenvalue weighted by molar-refractivity contribution is -0.115. The summed E-state index contributed by atoms with van der Waals surface area (Å²) in [5, 5.41) is 6.65. The molecule has 5 nitrogen and oxygen atoms in total. The van der Waals surface area contributed by atoms with Crippen molar-refractivity contribution in [2.75, 3.05) is 12.4 Å². The Morgan fingerprint density at radius 2 is 1.90 bits per heavy atom. The number of benzene rings is 2. The summed E-state index contributed by atoms with van der Waals surface area (Å²) in [4.78, 5) is 22.7. The monoisotopic (exact) mass is 435 g/mol. The fourth-order valence-corrected chi connectivity index (χ4v) is 5.14. The van der Waals surface area contributed by atoms with Gasteiger partial charge in [0.05, 0.1) is 17.7 Å². The van der Waals surface area contributed by atoms with Gasteiger partial charge in [-0.2, -0.15) is 0 Å². The zero-order chi connectivity index (χ0) is 20.9. The third-order valence-electron chi connectivity index (χ3n) is 4.69. The quantitative estimate of drug-likeness (QED) is 0.290. The molecule has 2 aromatic carbocycles. The first-order valence-corrected chi connectivity index (χ1v) is 11.3. The molecule has 4 aromatic rings. The molecule has 0 aliphatic rings. The molecule has 0 saturated carbocycles. The van der Waals surface area contributed by atoms with Crippen LogP contribution in [0, 0.1) is 0 Å². The number of ether oxygens (including phenoxy) is 1. The molecule has 0 fully saturated rings. The first-order chi connectivity index (χ1) is 14.7. The van der Waals surface area contributed by atoms with Crippen molar-refractivity contribution in [3.8, 4) is 16.9 Å². The van der Waals surface area contributed by atoms with Gasteiger partial charge in [-0.25, -0.2) is 9.97 Å². The fourth-order valence-electron chi connectivity index (χ4n) is 3.12. The Morgan fingerprint density at radius 1 is 1.13 bits per heavy atom. The van der Waals surface area contributed by atoms with E-state index in [-0.39, 0.29) is 11.2 Å². The van der Waals surface area contributed by atoms with Gasteiger partial charge in [-0.1, -0.05) is 49.0 Å². The van der Waals surface area contributed by atoms with E-state index in [2.05, 4.69) is 20.7 Å². The van der Waals surface area contributed by atoms with Gasteiger partial charge in [-0.15, -0.1) is 11.3 Å². The largest absolute Gasteiger partial charge is 0.497 e. The molecule has 1 unspecified atom stereocenters. The minimum absolute atomic E-state index is 0.0262. The van der Waals surface area contributed by atoms with E-state index in [1.54, 1.807) is 24.8 Å². The molecule has 152 valence electrons. The molecule has 4 rings (SSSR count). The zero-order valence-electron chi connectivity index (χ0n) is 16.7. The molecule has 2 aromatic heterocycles. The SMILES string of the molecule is CCC(Sc1ncnc2scc(-c3ccc(OC)cc3)c12)C(=O)Nc1ccccc1. The van der Waals surface area contributed by atoms with Crippen LogP contribution in [0.3, 0.4) is 0 Å². The summed E-state index contributed by atoms with van der Waals surface area (Å²) in [5.41, 5.74) is 2.93. The lowest BCUT2D eigenvalue weighted by Gasteiger charge is -2.15. The fraction of sp³-hybridized carbons (Fsp3) is 0.174. The first-order valence-electron chi connectivity index (χ1n) is 9.58. The Hall–Kier alpha value is -2.90. The molecule has 0 saturated heterocycles. The van der Waals surface area contributed by atoms with E-state index in [9.17, 15) is 4.79 Å². The number of hydrogen-bond acceptors (Lipinski definition) is 6. The predicted molar refractivity (Wildman–Crippen MR) is 124 cm³/mol. The molecule has 0 aliphatic carbocycles. The molecule has 0 radical (unpaired) electrons. The van der Waals surface area contributed by atoms with Crippen molar-refractivity contribution in [3.05, 3.63) is 66.3 Å². The highest BCUT2D eigenvalue weighted by Gasteiger charge is 2.22. The maximum Gasteiger partial charge on any atom is 0.237 e. The highest BCUT2D eigenvalue weighted by Crippen LogP contribution is 2.40. The number of fused-ring (bicyclic) bond motifs is 1. The van der Waals surface area contributed by atoms with Gasteiger partial charge in [0.1, 0.15) is 21.9 Å². The second-order valence-corrected chi connectivity index (χ2v) is 8.66. The molecular formula is C23H21N3O2S2. The van der Waals surface area contributed by atoms with Gasteiger partial charge in [-0.3, -0.25) is 4.79 Å². The van der Waals surface area contributed by atoms with Crippen molar-refractivity contribution < 1.29 is 9.53 Å². The average molecular weight is 436 g/mol. The van der Waals surface area contributed by atoms with Crippen molar-refractivity contribution in [2.24, 2.45) is 0 Å². The number of thioether (sulfide) groups is 1. The molecule has 1 N–H and O–H groups in total. The van der Waals surface area contributed by atoms with Crippen LogP contribution in [0.15, 0.2) is 71.3 Å². The number of carbonyl (C=O) groups is 1. The molecule has 30 heavy (non-hydrogen) atoms. The third-order valence-corrected chi connectivity index (χ3v) is 6.95. The van der Waals surface area contributed by atoms with Crippen molar-refractivity contribution in [2.45, 2.75) is 23.6 Å². The molecule has 0 bridgehead atoms. The Balaban J connectivity index is 1.64. The van der Waals surface area contributed by atoms with Crippen molar-refractivity contribution in [1.29, 1.82) is 0 Å². The Labute approximate surface area is 183 Å². The van der Waals surface area contributed by atoms with E-state index in [4.69, 9.17) is 4.74 Å². The minimum atomic E-state index is -0.257. The van der Waals surface area contributed by atoms with Crippen LogP contribution in [0.2, 0.25) is 0 Å². The molecule has 0 spiro atoms. The van der Waals surface area contributed by atoms with E-state index in [0.717, 1.165) is 37.8 Å². The summed E-state index contributed by atoms with van der Waals surface area (Å²) in [7, 11) is 1.66. The lowest BCUT2D eigenvalue weighted by Crippen LogP contribution is -2.24. The van der Waals surface area contributed by atoms with Gasteiger partial charge >= 0.3 is 0 Å². The van der Waals surface area contributed by atoms with Crippen LogP contribution in [-0.2, 0) is 4.79 Å². The van der Waals surface area contributed by atoms with Crippen LogP contribution in [0.4, 0.5) is 5.69 Å². The van der Waals surface area contributed by atoms with Crippen LogP contribution in [0.5, 0.6) is 5.75 Å². The maximum absolute atomic E-state index is 12.9. The molecule has 0 aliphatic heterocycles. The Morgan fingerprint density at radius 3 is 2.60 bits per heavy atom. The zero-order valence-corrected chi connectivity index (χ0v) is 18.3. The average Bonchev–Trinajstić information content (AvgIpc) is 3.23. The van der Waals surface area contributed by atoms with Crippen LogP contribution in [-0.4, -0.2) is 28.2 Å². The van der Waals surface area contributed by atoms with Gasteiger partial charge in [-0.05, 0) is 36.2 Å². The topological polar surface area (TPSA) is 64.1 Å². The van der Waals surface area contributed by atoms with Crippen LogP contribution in [0.1, 0.15) is 13.3 Å². The van der Waals surface area contributed by atoms with Gasteiger partial charge in [0, 0.05) is 16.6 Å². The summed E-state index contributed by atoms with van der Waals surface area (Å²) in [6, 6.07) is 17.5. The van der Waals surface area contributed by atoms with Gasteiger partial charge in [0.15, 0.2) is 0 Å². The van der Waals surface area contributed by atoms with Gasteiger partial charge in [0.25, 0.3) is 0 Å². The highest BCUT2D eigenvalue weighted by molar-refractivity contribution is 8.00. The predicted octanol–water partition coefficient (Wildman–Crippen LogP) is 5.88. The molecule has 7 heteroatoms. The summed E-state index contributed by atoms with van der Waals surface area (Å²) in [5.74, 6) is 0.787. The number of rotatable bonds is 7. The molecule has 2 heterocycles. The number of anilines is 1. The smallest absolute Gasteiger partial charge is 0.237 e.